The normalized spacial score (nSPS) is 29.7. The average Bonchev–Trinajstić information content (AvgIpc) is 3.34. The molecule has 11 nitrogen and oxygen atoms in total. The summed E-state index contributed by atoms with van der Waals surface area (Å²) in [4.78, 5) is 38.8. The summed E-state index contributed by atoms with van der Waals surface area (Å²) in [5.74, 6) is -8.05. The van der Waals surface area contributed by atoms with Crippen molar-refractivity contribution in [2.45, 2.75) is 31.0 Å². The Morgan fingerprint density at radius 2 is 1.79 bits per heavy atom. The first kappa shape index (κ1) is 24.0. The van der Waals surface area contributed by atoms with Crippen molar-refractivity contribution in [1.29, 1.82) is 0 Å². The van der Waals surface area contributed by atoms with Gasteiger partial charge >= 0.3 is 0 Å². The van der Waals surface area contributed by atoms with Crippen molar-refractivity contribution >= 4 is 17.5 Å². The Kier molecular flexibility index (Phi) is 4.94. The van der Waals surface area contributed by atoms with Gasteiger partial charge in [-0.2, -0.15) is 0 Å². The van der Waals surface area contributed by atoms with E-state index < -0.39 is 81.8 Å². The first-order chi connectivity index (χ1) is 18.0. The lowest BCUT2D eigenvalue weighted by Crippen LogP contribution is -2.62. The van der Waals surface area contributed by atoms with Crippen molar-refractivity contribution in [1.82, 2.24) is 0 Å². The van der Waals surface area contributed by atoms with Crippen LogP contribution in [0.4, 0.5) is 0 Å². The third-order valence-corrected chi connectivity index (χ3v) is 8.16. The minimum atomic E-state index is -2.88. The van der Waals surface area contributed by atoms with Crippen LogP contribution in [0, 0.1) is 11.8 Å². The Labute approximate surface area is 215 Å². The summed E-state index contributed by atoms with van der Waals surface area (Å²) < 4.78 is 10.8. The van der Waals surface area contributed by atoms with Gasteiger partial charge in [-0.3, -0.25) is 14.4 Å². The highest BCUT2D eigenvalue weighted by Crippen LogP contribution is 2.56. The first-order valence-electron chi connectivity index (χ1n) is 11.9. The maximum atomic E-state index is 13.8. The molecule has 38 heavy (non-hydrogen) atoms. The predicted molar refractivity (Wildman–Crippen MR) is 128 cm³/mol. The van der Waals surface area contributed by atoms with Gasteiger partial charge in [0.05, 0.1) is 11.7 Å². The standard InChI is InChI=1S/C27H23NO10/c1-9-17-11(10-2-5-15-16(6-10)38-8-37-15)3-4-13(29)19(17)23(32)21-18(9)22(31)12-7-14(30)20(26(28)35)24(33)27(12,36)25(21)34/h2-6,9,12,18,22,29-31,34,36H,7-8H2,1H3,(H2,28,35)/t9-,12+,18+,22+,27+/m0/s1. The zero-order valence-corrected chi connectivity index (χ0v) is 20.0. The summed E-state index contributed by atoms with van der Waals surface area (Å²) in [6.45, 7) is 1.74. The largest absolute Gasteiger partial charge is 0.511 e. The highest BCUT2D eigenvalue weighted by Gasteiger charge is 2.64. The zero-order valence-electron chi connectivity index (χ0n) is 20.0. The van der Waals surface area contributed by atoms with Crippen LogP contribution in [0.25, 0.3) is 11.1 Å². The fraction of sp³-hybridized carbons (Fsp3) is 0.296. The van der Waals surface area contributed by atoms with Crippen LogP contribution < -0.4 is 15.2 Å². The van der Waals surface area contributed by atoms with E-state index in [2.05, 4.69) is 0 Å². The van der Waals surface area contributed by atoms with Crippen LogP contribution >= 0.6 is 0 Å². The summed E-state index contributed by atoms with van der Waals surface area (Å²) in [5.41, 5.74) is 2.41. The number of nitrogens with two attached hydrogens (primary N) is 1. The van der Waals surface area contributed by atoms with E-state index in [1.54, 1.807) is 31.2 Å². The molecule has 7 N–H and O–H groups in total. The number of rotatable bonds is 2. The van der Waals surface area contributed by atoms with Gasteiger partial charge in [-0.25, -0.2) is 0 Å². The number of phenolic OH excluding ortho intramolecular Hbond substituents is 1. The predicted octanol–water partition coefficient (Wildman–Crippen LogP) is 1.51. The van der Waals surface area contributed by atoms with Gasteiger partial charge in [0, 0.05) is 23.8 Å². The topological polar surface area (TPSA) is 197 Å². The number of aliphatic hydroxyl groups is 4. The molecule has 3 aliphatic carbocycles. The monoisotopic (exact) mass is 521 g/mol. The molecule has 11 heteroatoms. The van der Waals surface area contributed by atoms with Crippen LogP contribution in [0.5, 0.6) is 17.2 Å². The molecular formula is C27H23NO10. The number of aliphatic hydroxyl groups excluding tert-OH is 3. The molecule has 1 aliphatic heterocycles. The van der Waals surface area contributed by atoms with E-state index in [1.807, 2.05) is 0 Å². The summed E-state index contributed by atoms with van der Waals surface area (Å²) in [7, 11) is 0. The number of amides is 1. The van der Waals surface area contributed by atoms with Gasteiger partial charge in [0.25, 0.3) is 5.91 Å². The Morgan fingerprint density at radius 3 is 2.50 bits per heavy atom. The molecule has 196 valence electrons. The number of carbonyl (C=O) groups is 3. The number of aromatic hydroxyl groups is 1. The third-order valence-electron chi connectivity index (χ3n) is 8.16. The number of allylic oxidation sites excluding steroid dienone is 1. The van der Waals surface area contributed by atoms with E-state index in [1.165, 1.54) is 6.07 Å². The Hall–Kier alpha value is -4.35. The van der Waals surface area contributed by atoms with Gasteiger partial charge in [-0.05, 0) is 40.8 Å². The maximum Gasteiger partial charge on any atom is 0.255 e. The number of hydrogen-bond donors (Lipinski definition) is 6. The van der Waals surface area contributed by atoms with E-state index in [9.17, 15) is 39.9 Å². The quantitative estimate of drug-likeness (QED) is 0.315. The minimum absolute atomic E-state index is 0.0604. The van der Waals surface area contributed by atoms with Crippen LogP contribution in [-0.4, -0.2) is 61.5 Å². The summed E-state index contributed by atoms with van der Waals surface area (Å²) in [5, 5.41) is 55.2. The van der Waals surface area contributed by atoms with E-state index in [0.717, 1.165) is 0 Å². The summed E-state index contributed by atoms with van der Waals surface area (Å²) in [6.07, 6.45) is -2.15. The molecule has 6 rings (SSSR count). The number of ether oxygens (including phenoxy) is 2. The van der Waals surface area contributed by atoms with Crippen LogP contribution in [0.2, 0.25) is 0 Å². The number of carbonyl (C=O) groups excluding carboxylic acids is 3. The van der Waals surface area contributed by atoms with Crippen molar-refractivity contribution in [3.8, 4) is 28.4 Å². The molecule has 0 radical (unpaired) electrons. The van der Waals surface area contributed by atoms with Crippen LogP contribution in [0.3, 0.4) is 0 Å². The number of Topliss-reactive ketones (excluding diaryl/α,β-unsaturated/α-hetero) is 2. The van der Waals surface area contributed by atoms with Crippen molar-refractivity contribution < 1.29 is 49.4 Å². The minimum Gasteiger partial charge on any atom is -0.511 e. The number of benzene rings is 2. The number of ketones is 2. The van der Waals surface area contributed by atoms with E-state index in [4.69, 9.17) is 15.2 Å². The molecular weight excluding hydrogens is 498 g/mol. The van der Waals surface area contributed by atoms with E-state index in [0.29, 0.717) is 28.2 Å². The molecule has 0 fully saturated rings. The second kappa shape index (κ2) is 7.83. The molecule has 0 saturated heterocycles. The molecule has 0 saturated carbocycles. The van der Waals surface area contributed by atoms with Gasteiger partial charge in [0.15, 0.2) is 22.9 Å². The Morgan fingerprint density at radius 1 is 1.08 bits per heavy atom. The van der Waals surface area contributed by atoms with Crippen molar-refractivity contribution in [2.75, 3.05) is 6.79 Å². The van der Waals surface area contributed by atoms with E-state index >= 15 is 0 Å². The van der Waals surface area contributed by atoms with Crippen molar-refractivity contribution in [3.05, 3.63) is 64.1 Å². The van der Waals surface area contributed by atoms with Crippen LogP contribution in [0.15, 0.2) is 53.0 Å². The SMILES string of the molecule is C[C@H]1c2c(-c3ccc4c(c3)OCO4)ccc(O)c2C(=O)C2=C(O)[C@]3(O)C(=O)C(C(N)=O)=C(O)C[C@@H]3[C@@H](O)[C@@H]21. The van der Waals surface area contributed by atoms with Gasteiger partial charge < -0.3 is 40.7 Å². The van der Waals surface area contributed by atoms with Crippen LogP contribution in [-0.2, 0) is 9.59 Å². The van der Waals surface area contributed by atoms with Gasteiger partial charge in [-0.1, -0.05) is 19.1 Å². The van der Waals surface area contributed by atoms with E-state index in [-0.39, 0.29) is 12.4 Å². The Bertz CT molecular complexity index is 1540. The molecule has 0 bridgehead atoms. The molecule has 0 unspecified atom stereocenters. The summed E-state index contributed by atoms with van der Waals surface area (Å²) >= 11 is 0. The average molecular weight is 521 g/mol. The molecule has 2 aromatic rings. The molecule has 1 heterocycles. The fourth-order valence-electron chi connectivity index (χ4n) is 6.39. The van der Waals surface area contributed by atoms with Gasteiger partial charge in [0.1, 0.15) is 22.8 Å². The second-order valence-corrected chi connectivity index (χ2v) is 9.98. The molecule has 2 aromatic carbocycles. The second-order valence-electron chi connectivity index (χ2n) is 9.98. The highest BCUT2D eigenvalue weighted by molar-refractivity contribution is 6.24. The fourth-order valence-corrected chi connectivity index (χ4v) is 6.39. The third kappa shape index (κ3) is 2.88. The lowest BCUT2D eigenvalue weighted by atomic mass is 9.56. The maximum absolute atomic E-state index is 13.8. The zero-order chi connectivity index (χ0) is 27.3. The Balaban J connectivity index is 1.57. The lowest BCUT2D eigenvalue weighted by Gasteiger charge is -2.50. The first-order valence-corrected chi connectivity index (χ1v) is 11.9. The van der Waals surface area contributed by atoms with Gasteiger partial charge in [0.2, 0.25) is 12.6 Å². The summed E-state index contributed by atoms with van der Waals surface area (Å²) in [6, 6.07) is 8.12. The molecule has 0 spiro atoms. The molecule has 0 aromatic heterocycles. The molecule has 1 amide bonds. The molecule has 5 atom stereocenters. The highest BCUT2D eigenvalue weighted by atomic mass is 16.7. The van der Waals surface area contributed by atoms with Gasteiger partial charge in [-0.15, -0.1) is 0 Å². The number of fused-ring (bicyclic) bond motifs is 4. The van der Waals surface area contributed by atoms with Crippen molar-refractivity contribution in [2.24, 2.45) is 17.6 Å². The lowest BCUT2D eigenvalue weighted by molar-refractivity contribution is -0.154. The number of hydrogen-bond acceptors (Lipinski definition) is 10. The molecule has 4 aliphatic rings. The smallest absolute Gasteiger partial charge is 0.255 e. The van der Waals surface area contributed by atoms with Crippen LogP contribution in [0.1, 0.15) is 35.2 Å². The number of primary amides is 1. The van der Waals surface area contributed by atoms with Crippen molar-refractivity contribution in [3.63, 3.8) is 0 Å². The number of phenols is 1.